The molecule has 4 rings (SSSR count). The Balaban J connectivity index is 1.31. The molecule has 0 aliphatic carbocycles. The summed E-state index contributed by atoms with van der Waals surface area (Å²) in [5.74, 6) is 1.85. The van der Waals surface area contributed by atoms with Crippen molar-refractivity contribution in [3.63, 3.8) is 0 Å². The summed E-state index contributed by atoms with van der Waals surface area (Å²) >= 11 is 0. The van der Waals surface area contributed by atoms with E-state index in [0.29, 0.717) is 6.61 Å². The summed E-state index contributed by atoms with van der Waals surface area (Å²) in [5.41, 5.74) is 1.07. The van der Waals surface area contributed by atoms with Crippen molar-refractivity contribution in [3.8, 4) is 5.75 Å². The van der Waals surface area contributed by atoms with E-state index in [2.05, 4.69) is 10.2 Å². The fourth-order valence-electron chi connectivity index (χ4n) is 3.46. The smallest absolute Gasteiger partial charge is 0.317 e. The van der Waals surface area contributed by atoms with Crippen LogP contribution in [-0.4, -0.2) is 48.6 Å². The number of hydrogen-bond donors (Lipinski definition) is 1. The van der Waals surface area contributed by atoms with Gasteiger partial charge in [-0.05, 0) is 18.2 Å². The van der Waals surface area contributed by atoms with Gasteiger partial charge in [-0.3, -0.25) is 4.90 Å². The molecule has 132 valence electrons. The van der Waals surface area contributed by atoms with Crippen molar-refractivity contribution >= 4 is 6.03 Å². The highest BCUT2D eigenvalue weighted by molar-refractivity contribution is 5.75. The van der Waals surface area contributed by atoms with Crippen molar-refractivity contribution in [2.24, 2.45) is 0 Å². The van der Waals surface area contributed by atoms with E-state index in [4.69, 9.17) is 9.15 Å². The van der Waals surface area contributed by atoms with Crippen LogP contribution in [0.15, 0.2) is 47.1 Å². The molecule has 2 aliphatic rings. The molecule has 0 radical (unpaired) electrons. The first-order chi connectivity index (χ1) is 12.3. The summed E-state index contributed by atoms with van der Waals surface area (Å²) in [6, 6.07) is 11.9. The summed E-state index contributed by atoms with van der Waals surface area (Å²) in [4.78, 5) is 16.8. The van der Waals surface area contributed by atoms with Gasteiger partial charge in [-0.25, -0.2) is 4.79 Å². The van der Waals surface area contributed by atoms with Crippen molar-refractivity contribution in [3.05, 3.63) is 54.0 Å². The lowest BCUT2D eigenvalue weighted by Crippen LogP contribution is -2.52. The zero-order valence-corrected chi connectivity index (χ0v) is 14.2. The van der Waals surface area contributed by atoms with Gasteiger partial charge in [0.05, 0.1) is 25.5 Å². The minimum Gasteiger partial charge on any atom is -0.493 e. The van der Waals surface area contributed by atoms with Gasteiger partial charge < -0.3 is 19.4 Å². The maximum Gasteiger partial charge on any atom is 0.317 e. The minimum atomic E-state index is 0.0133. The third-order valence-corrected chi connectivity index (χ3v) is 4.88. The highest BCUT2D eigenvalue weighted by Crippen LogP contribution is 2.31. The van der Waals surface area contributed by atoms with E-state index in [1.807, 2.05) is 41.3 Å². The number of fused-ring (bicyclic) bond motifs is 1. The van der Waals surface area contributed by atoms with Crippen LogP contribution in [0.1, 0.15) is 23.8 Å². The second-order valence-electron chi connectivity index (χ2n) is 6.52. The molecule has 2 amide bonds. The van der Waals surface area contributed by atoms with Crippen LogP contribution < -0.4 is 10.1 Å². The van der Waals surface area contributed by atoms with Crippen LogP contribution in [0.2, 0.25) is 0 Å². The molecule has 0 spiro atoms. The Morgan fingerprint density at radius 2 is 1.96 bits per heavy atom. The van der Waals surface area contributed by atoms with Gasteiger partial charge in [-0.15, -0.1) is 0 Å². The van der Waals surface area contributed by atoms with E-state index in [1.165, 1.54) is 0 Å². The summed E-state index contributed by atoms with van der Waals surface area (Å²) in [5, 5.41) is 3.18. The lowest BCUT2D eigenvalue weighted by atomic mass is 10.0. The minimum absolute atomic E-state index is 0.0133. The molecular weight excluding hydrogens is 318 g/mol. The molecule has 2 aromatic rings. The summed E-state index contributed by atoms with van der Waals surface area (Å²) < 4.78 is 11.1. The zero-order chi connectivity index (χ0) is 17.1. The molecule has 1 aromatic heterocycles. The number of hydrogen-bond acceptors (Lipinski definition) is 4. The van der Waals surface area contributed by atoms with E-state index in [1.54, 1.807) is 6.26 Å². The Morgan fingerprint density at radius 1 is 1.12 bits per heavy atom. The predicted octanol–water partition coefficient (Wildman–Crippen LogP) is 2.63. The number of ether oxygens (including phenoxy) is 1. The summed E-state index contributed by atoms with van der Waals surface area (Å²) in [7, 11) is 0. The normalized spacial score (nSPS) is 20.6. The number of urea groups is 1. The fraction of sp³-hybridized carbons (Fsp3) is 0.421. The second kappa shape index (κ2) is 7.19. The van der Waals surface area contributed by atoms with Gasteiger partial charge in [0, 0.05) is 38.2 Å². The molecule has 1 fully saturated rings. The Morgan fingerprint density at radius 3 is 2.76 bits per heavy atom. The molecule has 1 atom stereocenters. The average Bonchev–Trinajstić information content (AvgIpc) is 3.16. The van der Waals surface area contributed by atoms with Crippen LogP contribution in [0, 0.1) is 0 Å². The molecule has 25 heavy (non-hydrogen) atoms. The van der Waals surface area contributed by atoms with E-state index in [-0.39, 0.29) is 12.1 Å². The summed E-state index contributed by atoms with van der Waals surface area (Å²) in [6.07, 6.45) is 2.51. The first-order valence-electron chi connectivity index (χ1n) is 8.81. The number of amides is 2. The standard InChI is InChI=1S/C19H23N3O3/c23-19(20-17-7-13-25-18-6-2-1-5-16(17)18)22-10-8-21(9-11-22)14-15-4-3-12-24-15/h1-6,12,17H,7-11,13-14H2,(H,20,23). The maximum absolute atomic E-state index is 12.6. The average molecular weight is 341 g/mol. The SMILES string of the molecule is O=C(NC1CCOc2ccccc21)N1CCN(Cc2ccco2)CC1. The number of para-hydroxylation sites is 1. The molecule has 0 saturated carbocycles. The number of nitrogens with one attached hydrogen (secondary N) is 1. The van der Waals surface area contributed by atoms with Crippen molar-refractivity contribution in [1.82, 2.24) is 15.1 Å². The van der Waals surface area contributed by atoms with Gasteiger partial charge >= 0.3 is 6.03 Å². The van der Waals surface area contributed by atoms with Gasteiger partial charge in [0.15, 0.2) is 0 Å². The number of furan rings is 1. The number of benzene rings is 1. The Labute approximate surface area is 147 Å². The molecule has 1 unspecified atom stereocenters. The van der Waals surface area contributed by atoms with Crippen LogP contribution in [0.3, 0.4) is 0 Å². The van der Waals surface area contributed by atoms with E-state index < -0.39 is 0 Å². The quantitative estimate of drug-likeness (QED) is 0.932. The van der Waals surface area contributed by atoms with Crippen LogP contribution in [0.5, 0.6) is 5.75 Å². The first kappa shape index (κ1) is 16.0. The Hall–Kier alpha value is -2.47. The van der Waals surface area contributed by atoms with Gasteiger partial charge in [0.1, 0.15) is 11.5 Å². The van der Waals surface area contributed by atoms with Crippen molar-refractivity contribution < 1.29 is 13.9 Å². The van der Waals surface area contributed by atoms with E-state index >= 15 is 0 Å². The lowest BCUT2D eigenvalue weighted by Gasteiger charge is -2.36. The third-order valence-electron chi connectivity index (χ3n) is 4.88. The highest BCUT2D eigenvalue weighted by Gasteiger charge is 2.26. The zero-order valence-electron chi connectivity index (χ0n) is 14.2. The molecule has 2 aliphatic heterocycles. The molecule has 3 heterocycles. The van der Waals surface area contributed by atoms with E-state index in [0.717, 1.165) is 56.2 Å². The van der Waals surface area contributed by atoms with Crippen LogP contribution in [-0.2, 0) is 6.54 Å². The molecule has 0 bridgehead atoms. The van der Waals surface area contributed by atoms with Gasteiger partial charge in [0.2, 0.25) is 0 Å². The Bertz CT molecular complexity index is 708. The number of piperazine rings is 1. The maximum atomic E-state index is 12.6. The highest BCUT2D eigenvalue weighted by atomic mass is 16.5. The number of carbonyl (C=O) groups is 1. The monoisotopic (exact) mass is 341 g/mol. The molecule has 6 heteroatoms. The number of nitrogens with zero attached hydrogens (tertiary/aromatic N) is 2. The molecule has 1 saturated heterocycles. The van der Waals surface area contributed by atoms with Crippen molar-refractivity contribution in [1.29, 1.82) is 0 Å². The largest absolute Gasteiger partial charge is 0.493 e. The lowest BCUT2D eigenvalue weighted by molar-refractivity contribution is 0.126. The van der Waals surface area contributed by atoms with Crippen LogP contribution in [0.4, 0.5) is 4.79 Å². The number of carbonyl (C=O) groups excluding carboxylic acids is 1. The van der Waals surface area contributed by atoms with Gasteiger partial charge in [-0.1, -0.05) is 18.2 Å². The van der Waals surface area contributed by atoms with Crippen molar-refractivity contribution in [2.45, 2.75) is 19.0 Å². The topological polar surface area (TPSA) is 58.0 Å². The molecule has 6 nitrogen and oxygen atoms in total. The fourth-order valence-corrected chi connectivity index (χ4v) is 3.46. The van der Waals surface area contributed by atoms with Crippen LogP contribution in [0.25, 0.3) is 0 Å². The third kappa shape index (κ3) is 3.64. The second-order valence-corrected chi connectivity index (χ2v) is 6.52. The van der Waals surface area contributed by atoms with Gasteiger partial charge in [-0.2, -0.15) is 0 Å². The van der Waals surface area contributed by atoms with Crippen LogP contribution >= 0.6 is 0 Å². The summed E-state index contributed by atoms with van der Waals surface area (Å²) in [6.45, 7) is 4.63. The van der Waals surface area contributed by atoms with E-state index in [9.17, 15) is 4.79 Å². The number of rotatable bonds is 3. The first-order valence-corrected chi connectivity index (χ1v) is 8.81. The molecular formula is C19H23N3O3. The Kier molecular flexibility index (Phi) is 4.61. The van der Waals surface area contributed by atoms with Crippen molar-refractivity contribution in [2.75, 3.05) is 32.8 Å². The van der Waals surface area contributed by atoms with Gasteiger partial charge in [0.25, 0.3) is 0 Å². The predicted molar refractivity (Wildman–Crippen MR) is 93.4 cm³/mol. The molecule has 1 aromatic carbocycles. The molecule has 1 N–H and O–H groups in total.